The van der Waals surface area contributed by atoms with Gasteiger partial charge in [0.25, 0.3) is 23.4 Å². The lowest BCUT2D eigenvalue weighted by Crippen LogP contribution is -2.51. The molecular weight excluding hydrogens is 411 g/mol. The first-order valence-electron chi connectivity index (χ1n) is 9.03. The van der Waals surface area contributed by atoms with E-state index in [0.717, 1.165) is 12.1 Å². The lowest BCUT2D eigenvalue weighted by Gasteiger charge is -2.24. The largest absolute Gasteiger partial charge is 0.349 e. The average molecular weight is 426 g/mol. The van der Waals surface area contributed by atoms with Crippen molar-refractivity contribution in [2.75, 3.05) is 6.61 Å². The molecule has 2 aromatic carbocycles. The third-order valence-corrected chi connectivity index (χ3v) is 4.54. The molecule has 0 saturated heterocycles. The summed E-state index contributed by atoms with van der Waals surface area (Å²) >= 11 is 0. The third-order valence-electron chi connectivity index (χ3n) is 4.54. The molecule has 2 aromatic rings. The van der Waals surface area contributed by atoms with Crippen LogP contribution in [0.1, 0.15) is 38.8 Å². The summed E-state index contributed by atoms with van der Waals surface area (Å²) in [6, 6.07) is 9.06. The molecule has 0 fully saturated rings. The Labute approximate surface area is 175 Å². The Kier molecular flexibility index (Phi) is 6.03. The maximum absolute atomic E-state index is 14.1. The highest BCUT2D eigenvalue weighted by molar-refractivity contribution is 6.22. The number of nitro groups is 1. The molecule has 158 valence electrons. The number of nitrogens with one attached hydrogen (secondary N) is 1. The van der Waals surface area contributed by atoms with Gasteiger partial charge in [-0.3, -0.25) is 24.5 Å². The minimum Gasteiger partial charge on any atom is -0.349 e. The van der Waals surface area contributed by atoms with Gasteiger partial charge in [-0.25, -0.2) is 9.29 Å². The summed E-state index contributed by atoms with van der Waals surface area (Å²) < 4.78 is 19.3. The Morgan fingerprint density at radius 2 is 2.06 bits per heavy atom. The molecule has 1 heterocycles. The van der Waals surface area contributed by atoms with E-state index in [1.54, 1.807) is 6.07 Å². The van der Waals surface area contributed by atoms with Crippen molar-refractivity contribution in [3.8, 4) is 6.07 Å². The standard InChI is InChI=1S/C20H15FN4O6/c1-2-31-20(24-18(27)13-4-3-5-14(21)16(13)19(24)28)17(26)23-10-12-7-6-11(9-22)8-15(12)25(29)30/h3-8,20H,2,10H2,1H3,(H,23,26)/t20-/m0/s1. The lowest BCUT2D eigenvalue weighted by molar-refractivity contribution is -0.385. The van der Waals surface area contributed by atoms with Gasteiger partial charge in [0.1, 0.15) is 5.82 Å². The van der Waals surface area contributed by atoms with Crippen LogP contribution in [-0.4, -0.2) is 40.4 Å². The van der Waals surface area contributed by atoms with Crippen LogP contribution in [0.15, 0.2) is 36.4 Å². The second-order valence-electron chi connectivity index (χ2n) is 6.38. The highest BCUT2D eigenvalue weighted by Crippen LogP contribution is 2.27. The molecule has 1 atom stereocenters. The molecule has 10 nitrogen and oxygen atoms in total. The van der Waals surface area contributed by atoms with Crippen molar-refractivity contribution >= 4 is 23.4 Å². The molecule has 1 N–H and O–H groups in total. The Morgan fingerprint density at radius 1 is 1.32 bits per heavy atom. The van der Waals surface area contributed by atoms with Gasteiger partial charge in [0.15, 0.2) is 0 Å². The maximum Gasteiger partial charge on any atom is 0.275 e. The van der Waals surface area contributed by atoms with Crippen LogP contribution in [0.3, 0.4) is 0 Å². The van der Waals surface area contributed by atoms with Crippen molar-refractivity contribution in [2.24, 2.45) is 0 Å². The number of hydrogen-bond donors (Lipinski definition) is 1. The molecule has 31 heavy (non-hydrogen) atoms. The number of nitro benzene ring substituents is 1. The quantitative estimate of drug-likeness (QED) is 0.404. The molecule has 1 aliphatic heterocycles. The number of halogens is 1. The summed E-state index contributed by atoms with van der Waals surface area (Å²) in [6.45, 7) is 1.15. The highest BCUT2D eigenvalue weighted by Gasteiger charge is 2.45. The van der Waals surface area contributed by atoms with Crippen LogP contribution < -0.4 is 5.32 Å². The number of fused-ring (bicyclic) bond motifs is 1. The van der Waals surface area contributed by atoms with Crippen LogP contribution in [0.2, 0.25) is 0 Å². The van der Waals surface area contributed by atoms with Crippen LogP contribution in [0, 0.1) is 27.3 Å². The van der Waals surface area contributed by atoms with E-state index in [1.807, 2.05) is 0 Å². The minimum absolute atomic E-state index is 0.0506. The molecule has 0 aromatic heterocycles. The van der Waals surface area contributed by atoms with Gasteiger partial charge in [-0.05, 0) is 31.2 Å². The van der Waals surface area contributed by atoms with Crippen molar-refractivity contribution in [2.45, 2.75) is 19.7 Å². The molecule has 3 amide bonds. The van der Waals surface area contributed by atoms with E-state index in [0.29, 0.717) is 4.90 Å². The van der Waals surface area contributed by atoms with Gasteiger partial charge >= 0.3 is 0 Å². The van der Waals surface area contributed by atoms with Crippen LogP contribution in [0.4, 0.5) is 10.1 Å². The first-order chi connectivity index (χ1) is 14.8. The number of nitrogens with zero attached hydrogens (tertiary/aromatic N) is 3. The summed E-state index contributed by atoms with van der Waals surface area (Å²) in [4.78, 5) is 49.0. The van der Waals surface area contributed by atoms with Gasteiger partial charge in [-0.2, -0.15) is 5.26 Å². The van der Waals surface area contributed by atoms with Crippen LogP contribution in [0.25, 0.3) is 0 Å². The number of carbonyl (C=O) groups excluding carboxylic acids is 3. The Balaban J connectivity index is 1.84. The van der Waals surface area contributed by atoms with Gasteiger partial charge < -0.3 is 10.1 Å². The first kappa shape index (κ1) is 21.5. The second-order valence-corrected chi connectivity index (χ2v) is 6.38. The van der Waals surface area contributed by atoms with Crippen molar-refractivity contribution in [1.82, 2.24) is 10.2 Å². The molecule has 11 heteroatoms. The van der Waals surface area contributed by atoms with Crippen LogP contribution in [0.5, 0.6) is 0 Å². The first-order valence-corrected chi connectivity index (χ1v) is 9.03. The molecule has 0 spiro atoms. The van der Waals surface area contributed by atoms with Gasteiger partial charge in [0.05, 0.1) is 27.7 Å². The molecule has 0 aliphatic carbocycles. The van der Waals surface area contributed by atoms with Gasteiger partial charge in [-0.15, -0.1) is 0 Å². The Morgan fingerprint density at radius 3 is 2.68 bits per heavy atom. The molecule has 0 radical (unpaired) electrons. The second kappa shape index (κ2) is 8.68. The summed E-state index contributed by atoms with van der Waals surface area (Å²) in [6.07, 6.45) is -1.70. The number of rotatable bonds is 7. The highest BCUT2D eigenvalue weighted by atomic mass is 19.1. The molecule has 0 saturated carbocycles. The lowest BCUT2D eigenvalue weighted by atomic mass is 10.1. The van der Waals surface area contributed by atoms with Crippen molar-refractivity contribution in [3.63, 3.8) is 0 Å². The van der Waals surface area contributed by atoms with Crippen molar-refractivity contribution < 1.29 is 28.4 Å². The summed E-state index contributed by atoms with van der Waals surface area (Å²) in [7, 11) is 0. The summed E-state index contributed by atoms with van der Waals surface area (Å²) in [5.41, 5.74) is -0.851. The smallest absolute Gasteiger partial charge is 0.275 e. The topological polar surface area (TPSA) is 143 Å². The SMILES string of the molecule is CCO[C@@H](C(=O)NCc1ccc(C#N)cc1[N+](=O)[O-])N1C(=O)c2cccc(F)c2C1=O. The van der Waals surface area contributed by atoms with E-state index < -0.39 is 40.3 Å². The van der Waals surface area contributed by atoms with Crippen molar-refractivity contribution in [1.29, 1.82) is 5.26 Å². The fourth-order valence-corrected chi connectivity index (χ4v) is 3.12. The average Bonchev–Trinajstić information content (AvgIpc) is 3.01. The number of ether oxygens (including phenoxy) is 1. The Hall–Kier alpha value is -4.17. The van der Waals surface area contributed by atoms with E-state index in [1.165, 1.54) is 31.2 Å². The zero-order valence-corrected chi connectivity index (χ0v) is 16.1. The number of nitriles is 1. The molecule has 0 bridgehead atoms. The van der Waals surface area contributed by atoms with E-state index >= 15 is 0 Å². The predicted octanol–water partition coefficient (Wildman–Crippen LogP) is 1.88. The number of amides is 3. The van der Waals surface area contributed by atoms with Gasteiger partial charge in [0.2, 0.25) is 6.23 Å². The van der Waals surface area contributed by atoms with E-state index in [-0.39, 0.29) is 35.5 Å². The van der Waals surface area contributed by atoms with E-state index in [9.17, 15) is 28.9 Å². The summed E-state index contributed by atoms with van der Waals surface area (Å²) in [5, 5.41) is 22.5. The number of carbonyl (C=O) groups is 3. The minimum atomic E-state index is -1.70. The van der Waals surface area contributed by atoms with Crippen molar-refractivity contribution in [3.05, 3.63) is 74.6 Å². The fourth-order valence-electron chi connectivity index (χ4n) is 3.12. The monoisotopic (exact) mass is 426 g/mol. The number of imide groups is 1. The molecular formula is C20H15FN4O6. The Bertz CT molecular complexity index is 1140. The van der Waals surface area contributed by atoms with Gasteiger partial charge in [-0.1, -0.05) is 6.07 Å². The zero-order chi connectivity index (χ0) is 22.7. The number of hydrogen-bond acceptors (Lipinski definition) is 7. The van der Waals surface area contributed by atoms with Gasteiger partial charge in [0, 0.05) is 24.8 Å². The van der Waals surface area contributed by atoms with Crippen LogP contribution >= 0.6 is 0 Å². The normalized spacial score (nSPS) is 13.5. The summed E-state index contributed by atoms with van der Waals surface area (Å²) in [5.74, 6) is -3.73. The van der Waals surface area contributed by atoms with E-state index in [2.05, 4.69) is 5.32 Å². The number of benzene rings is 2. The maximum atomic E-state index is 14.1. The zero-order valence-electron chi connectivity index (χ0n) is 16.1. The van der Waals surface area contributed by atoms with E-state index in [4.69, 9.17) is 10.00 Å². The predicted molar refractivity (Wildman–Crippen MR) is 102 cm³/mol. The molecule has 0 unspecified atom stereocenters. The third kappa shape index (κ3) is 3.96. The molecule has 1 aliphatic rings. The van der Waals surface area contributed by atoms with Crippen LogP contribution in [-0.2, 0) is 16.1 Å². The fraction of sp³-hybridized carbons (Fsp3) is 0.200. The molecule has 3 rings (SSSR count).